The molecule has 8 nitrogen and oxygen atoms in total. The predicted octanol–water partition coefficient (Wildman–Crippen LogP) is 3.94. The molecule has 1 aliphatic rings. The number of ether oxygens (including phenoxy) is 2. The molecule has 0 radical (unpaired) electrons. The van der Waals surface area contributed by atoms with Crippen LogP contribution in [0.1, 0.15) is 40.1 Å². The van der Waals surface area contributed by atoms with Crippen LogP contribution < -0.4 is 14.8 Å². The van der Waals surface area contributed by atoms with E-state index < -0.39 is 5.60 Å². The van der Waals surface area contributed by atoms with Crippen LogP contribution in [0.25, 0.3) is 0 Å². The Balaban J connectivity index is 1.64. The maximum atomic E-state index is 12.8. The Bertz CT molecular complexity index is 1160. The number of fused-ring (bicyclic) bond motifs is 1. The molecule has 1 N–H and O–H groups in total. The molecule has 3 aromatic rings. The van der Waals surface area contributed by atoms with Crippen LogP contribution in [0.15, 0.2) is 55.0 Å². The molecular weight excluding hydrogens is 408 g/mol. The highest BCUT2D eigenvalue weighted by atomic mass is 16.5. The van der Waals surface area contributed by atoms with Crippen LogP contribution >= 0.6 is 0 Å². The number of anilines is 1. The van der Waals surface area contributed by atoms with Crippen molar-refractivity contribution in [3.8, 4) is 17.2 Å². The first kappa shape index (κ1) is 21.3. The summed E-state index contributed by atoms with van der Waals surface area (Å²) in [6.45, 7) is 3.97. The molecule has 2 heterocycles. The minimum Gasteiger partial charge on any atom is -0.487 e. The maximum absolute atomic E-state index is 12.8. The molecule has 0 bridgehead atoms. The molecule has 32 heavy (non-hydrogen) atoms. The van der Waals surface area contributed by atoms with Crippen molar-refractivity contribution in [3.05, 3.63) is 71.7 Å². The second-order valence-electron chi connectivity index (χ2n) is 8.36. The monoisotopic (exact) mass is 432 g/mol. The number of carbonyl (C=O) groups is 2. The van der Waals surface area contributed by atoms with E-state index in [-0.39, 0.29) is 11.8 Å². The molecule has 0 fully saturated rings. The van der Waals surface area contributed by atoms with Gasteiger partial charge in [0, 0.05) is 49.6 Å². The van der Waals surface area contributed by atoms with Crippen molar-refractivity contribution >= 4 is 17.6 Å². The van der Waals surface area contributed by atoms with E-state index in [2.05, 4.69) is 15.3 Å². The lowest BCUT2D eigenvalue weighted by molar-refractivity contribution is 0.0827. The van der Waals surface area contributed by atoms with Gasteiger partial charge in [0.1, 0.15) is 22.8 Å². The zero-order valence-corrected chi connectivity index (χ0v) is 18.4. The smallest absolute Gasteiger partial charge is 0.257 e. The molecule has 4 rings (SSSR count). The lowest BCUT2D eigenvalue weighted by Crippen LogP contribution is -2.24. The number of nitrogens with zero attached hydrogens (tertiary/aromatic N) is 3. The van der Waals surface area contributed by atoms with Gasteiger partial charge in [0.2, 0.25) is 0 Å². The number of rotatable bonds is 5. The summed E-state index contributed by atoms with van der Waals surface area (Å²) in [6.07, 6.45) is 5.15. The van der Waals surface area contributed by atoms with Crippen molar-refractivity contribution in [3.63, 3.8) is 0 Å². The summed E-state index contributed by atoms with van der Waals surface area (Å²) in [5.74, 6) is 1.61. The Labute approximate surface area is 186 Å². The second-order valence-corrected chi connectivity index (χ2v) is 8.36. The van der Waals surface area contributed by atoms with Gasteiger partial charge in [-0.15, -0.1) is 0 Å². The van der Waals surface area contributed by atoms with Crippen LogP contribution in [0, 0.1) is 0 Å². The molecule has 0 aliphatic carbocycles. The fourth-order valence-corrected chi connectivity index (χ4v) is 3.47. The zero-order valence-electron chi connectivity index (χ0n) is 18.4. The first-order valence-electron chi connectivity index (χ1n) is 10.1. The molecule has 0 saturated heterocycles. The van der Waals surface area contributed by atoms with Gasteiger partial charge in [0.15, 0.2) is 5.82 Å². The van der Waals surface area contributed by atoms with Crippen molar-refractivity contribution in [2.45, 2.75) is 25.9 Å². The van der Waals surface area contributed by atoms with E-state index in [1.807, 2.05) is 13.8 Å². The van der Waals surface area contributed by atoms with Crippen molar-refractivity contribution in [2.75, 3.05) is 19.4 Å². The van der Waals surface area contributed by atoms with Crippen molar-refractivity contribution < 1.29 is 19.1 Å². The van der Waals surface area contributed by atoms with E-state index in [0.717, 1.165) is 5.56 Å². The fourth-order valence-electron chi connectivity index (χ4n) is 3.47. The third-order valence-corrected chi connectivity index (χ3v) is 4.96. The normalized spacial score (nSPS) is 13.6. The average molecular weight is 432 g/mol. The largest absolute Gasteiger partial charge is 0.487 e. The van der Waals surface area contributed by atoms with Gasteiger partial charge in [-0.3, -0.25) is 14.6 Å². The second kappa shape index (κ2) is 8.30. The van der Waals surface area contributed by atoms with Gasteiger partial charge < -0.3 is 19.7 Å². The molecule has 0 spiro atoms. The van der Waals surface area contributed by atoms with Crippen molar-refractivity contribution in [1.29, 1.82) is 0 Å². The van der Waals surface area contributed by atoms with Gasteiger partial charge in [-0.2, -0.15) is 0 Å². The van der Waals surface area contributed by atoms with E-state index in [4.69, 9.17) is 9.47 Å². The first-order chi connectivity index (χ1) is 15.2. The lowest BCUT2D eigenvalue weighted by atomic mass is 9.99. The van der Waals surface area contributed by atoms with E-state index in [9.17, 15) is 9.59 Å². The highest BCUT2D eigenvalue weighted by Gasteiger charge is 2.34. The molecule has 0 saturated carbocycles. The molecule has 2 aromatic carbocycles. The molecule has 0 unspecified atom stereocenters. The summed E-state index contributed by atoms with van der Waals surface area (Å²) in [7, 11) is 3.41. The third kappa shape index (κ3) is 4.54. The Hall–Kier alpha value is -3.94. The molecular formula is C24H24N4O4. The summed E-state index contributed by atoms with van der Waals surface area (Å²) in [4.78, 5) is 34.5. The van der Waals surface area contributed by atoms with Crippen molar-refractivity contribution in [1.82, 2.24) is 14.9 Å². The highest BCUT2D eigenvalue weighted by molar-refractivity contribution is 6.04. The quantitative estimate of drug-likeness (QED) is 0.656. The highest BCUT2D eigenvalue weighted by Crippen LogP contribution is 2.43. The van der Waals surface area contributed by atoms with Gasteiger partial charge >= 0.3 is 0 Å². The number of benzene rings is 2. The summed E-state index contributed by atoms with van der Waals surface area (Å²) in [6, 6.07) is 10.3. The Morgan fingerprint density at radius 3 is 2.50 bits per heavy atom. The number of nitrogens with one attached hydrogen (secondary N) is 1. The number of carbonyl (C=O) groups excluding carboxylic acids is 2. The van der Waals surface area contributed by atoms with Gasteiger partial charge in [-0.05, 0) is 50.2 Å². The van der Waals surface area contributed by atoms with Gasteiger partial charge in [-0.25, -0.2) is 4.98 Å². The minimum absolute atomic E-state index is 0.0877. The Morgan fingerprint density at radius 1 is 1.09 bits per heavy atom. The van der Waals surface area contributed by atoms with Gasteiger partial charge in [0.25, 0.3) is 11.8 Å². The zero-order chi connectivity index (χ0) is 22.9. The fraction of sp³-hybridized carbons (Fsp3) is 0.250. The Morgan fingerprint density at radius 2 is 1.84 bits per heavy atom. The van der Waals surface area contributed by atoms with Crippen LogP contribution in [-0.2, 0) is 6.42 Å². The van der Waals surface area contributed by atoms with Crippen LogP contribution in [0.3, 0.4) is 0 Å². The predicted molar refractivity (Wildman–Crippen MR) is 119 cm³/mol. The maximum Gasteiger partial charge on any atom is 0.257 e. The molecule has 164 valence electrons. The molecule has 2 amide bonds. The average Bonchev–Trinajstić information content (AvgIpc) is 3.08. The summed E-state index contributed by atoms with van der Waals surface area (Å²) in [5, 5.41) is 2.73. The summed E-state index contributed by atoms with van der Waals surface area (Å²) >= 11 is 0. The molecule has 8 heteroatoms. The van der Waals surface area contributed by atoms with E-state index in [1.165, 1.54) is 23.5 Å². The standard InChI is InChI=1S/C24H24N4O4/c1-24(2)13-18-19(31-17-7-5-15(6-8-17)23(30)28(3)4)11-16(12-20(18)32-24)22(29)27-21-14-25-9-10-26-21/h5-12,14H,13H2,1-4H3,(H,26,27,29). The van der Waals surface area contributed by atoms with E-state index in [1.54, 1.807) is 50.5 Å². The summed E-state index contributed by atoms with van der Waals surface area (Å²) < 4.78 is 12.2. The van der Waals surface area contributed by atoms with Crippen molar-refractivity contribution in [2.24, 2.45) is 0 Å². The van der Waals surface area contributed by atoms with Crippen LogP contribution in [0.2, 0.25) is 0 Å². The lowest BCUT2D eigenvalue weighted by Gasteiger charge is -2.16. The van der Waals surface area contributed by atoms with Crippen LogP contribution in [0.5, 0.6) is 17.2 Å². The van der Waals surface area contributed by atoms with Crippen LogP contribution in [-0.4, -0.2) is 46.4 Å². The topological polar surface area (TPSA) is 93.7 Å². The third-order valence-electron chi connectivity index (χ3n) is 4.96. The number of amides is 2. The van der Waals surface area contributed by atoms with Gasteiger partial charge in [0.05, 0.1) is 6.20 Å². The van der Waals surface area contributed by atoms with E-state index >= 15 is 0 Å². The number of hydrogen-bond donors (Lipinski definition) is 1. The minimum atomic E-state index is -0.414. The SMILES string of the molecule is CN(C)C(=O)c1ccc(Oc2cc(C(=O)Nc3cnccn3)cc3c2CC(C)(C)O3)cc1. The molecule has 1 aromatic heterocycles. The first-order valence-corrected chi connectivity index (χ1v) is 10.1. The summed E-state index contributed by atoms with van der Waals surface area (Å²) in [5.41, 5.74) is 1.41. The molecule has 1 aliphatic heterocycles. The molecule has 0 atom stereocenters. The Kier molecular flexibility index (Phi) is 5.52. The number of hydrogen-bond acceptors (Lipinski definition) is 6. The number of aromatic nitrogens is 2. The van der Waals surface area contributed by atoms with Gasteiger partial charge in [-0.1, -0.05) is 0 Å². The van der Waals surface area contributed by atoms with Crippen LogP contribution in [0.4, 0.5) is 5.82 Å². The van der Waals surface area contributed by atoms with E-state index in [0.29, 0.717) is 40.6 Å².